The SMILES string of the molecule is Cc1ccc(C(=O)Oc2ccc3ccccc3c2/C=N\NC(=O)COc2ccccc2Cl)cc1. The number of rotatable bonds is 7. The summed E-state index contributed by atoms with van der Waals surface area (Å²) < 4.78 is 11.1. The molecule has 1 N–H and O–H groups in total. The summed E-state index contributed by atoms with van der Waals surface area (Å²) in [4.78, 5) is 24.9. The Bertz CT molecular complexity index is 1370. The molecule has 0 aliphatic carbocycles. The minimum atomic E-state index is -0.484. The number of halogens is 1. The molecular weight excluding hydrogens is 452 g/mol. The highest BCUT2D eigenvalue weighted by Crippen LogP contribution is 2.27. The van der Waals surface area contributed by atoms with E-state index in [1.807, 2.05) is 49.4 Å². The molecule has 34 heavy (non-hydrogen) atoms. The summed E-state index contributed by atoms with van der Waals surface area (Å²) in [7, 11) is 0. The summed E-state index contributed by atoms with van der Waals surface area (Å²) in [5.74, 6) is -0.214. The molecule has 0 saturated carbocycles. The zero-order chi connectivity index (χ0) is 23.9. The second-order valence-corrected chi connectivity index (χ2v) is 7.87. The maximum Gasteiger partial charge on any atom is 0.343 e. The lowest BCUT2D eigenvalue weighted by molar-refractivity contribution is -0.123. The zero-order valence-electron chi connectivity index (χ0n) is 18.3. The van der Waals surface area contributed by atoms with Crippen LogP contribution in [0.4, 0.5) is 0 Å². The van der Waals surface area contributed by atoms with E-state index in [-0.39, 0.29) is 6.61 Å². The Morgan fingerprint density at radius 2 is 1.65 bits per heavy atom. The molecule has 7 heteroatoms. The molecule has 0 fully saturated rings. The van der Waals surface area contributed by atoms with Gasteiger partial charge >= 0.3 is 5.97 Å². The van der Waals surface area contributed by atoms with Crippen molar-refractivity contribution < 1.29 is 19.1 Å². The Hall–Kier alpha value is -4.16. The van der Waals surface area contributed by atoms with Crippen LogP contribution in [0.3, 0.4) is 0 Å². The third-order valence-corrected chi connectivity index (χ3v) is 5.31. The largest absolute Gasteiger partial charge is 0.482 e. The van der Waals surface area contributed by atoms with Crippen LogP contribution >= 0.6 is 11.6 Å². The summed E-state index contributed by atoms with van der Waals surface area (Å²) in [6, 6.07) is 25.2. The number of hydrogen-bond donors (Lipinski definition) is 1. The number of nitrogens with zero attached hydrogens (tertiary/aromatic N) is 1. The number of para-hydroxylation sites is 1. The molecule has 0 atom stereocenters. The van der Waals surface area contributed by atoms with Gasteiger partial charge in [-0.15, -0.1) is 0 Å². The number of carbonyl (C=O) groups excluding carboxylic acids is 2. The number of nitrogens with one attached hydrogen (secondary N) is 1. The molecule has 0 heterocycles. The average molecular weight is 473 g/mol. The molecule has 0 aromatic heterocycles. The van der Waals surface area contributed by atoms with Gasteiger partial charge in [0.25, 0.3) is 5.91 Å². The van der Waals surface area contributed by atoms with E-state index in [1.54, 1.807) is 42.5 Å². The van der Waals surface area contributed by atoms with E-state index in [4.69, 9.17) is 21.1 Å². The molecule has 0 aliphatic rings. The molecule has 4 rings (SSSR count). The summed E-state index contributed by atoms with van der Waals surface area (Å²) in [5, 5.41) is 6.22. The third-order valence-electron chi connectivity index (χ3n) is 5.00. The molecule has 0 spiro atoms. The Morgan fingerprint density at radius 1 is 0.912 bits per heavy atom. The molecule has 4 aromatic carbocycles. The van der Waals surface area contributed by atoms with E-state index >= 15 is 0 Å². The number of aryl methyl sites for hydroxylation is 1. The first-order valence-corrected chi connectivity index (χ1v) is 10.9. The van der Waals surface area contributed by atoms with Gasteiger partial charge in [-0.1, -0.05) is 71.8 Å². The number of esters is 1. The fourth-order valence-corrected chi connectivity index (χ4v) is 3.44. The first-order valence-electron chi connectivity index (χ1n) is 10.5. The van der Waals surface area contributed by atoms with Crippen molar-refractivity contribution in [2.45, 2.75) is 6.92 Å². The van der Waals surface area contributed by atoms with E-state index in [0.717, 1.165) is 16.3 Å². The van der Waals surface area contributed by atoms with Crippen LogP contribution in [0.25, 0.3) is 10.8 Å². The molecule has 4 aromatic rings. The first-order chi connectivity index (χ1) is 16.5. The average Bonchev–Trinajstić information content (AvgIpc) is 2.85. The van der Waals surface area contributed by atoms with Gasteiger partial charge in [-0.2, -0.15) is 5.10 Å². The molecule has 0 aliphatic heterocycles. The highest BCUT2D eigenvalue weighted by atomic mass is 35.5. The van der Waals surface area contributed by atoms with Gasteiger partial charge in [-0.3, -0.25) is 4.79 Å². The van der Waals surface area contributed by atoms with E-state index in [2.05, 4.69) is 10.5 Å². The Labute approximate surface area is 201 Å². The van der Waals surface area contributed by atoms with E-state index in [1.165, 1.54) is 6.21 Å². The molecule has 1 amide bonds. The van der Waals surface area contributed by atoms with Crippen molar-refractivity contribution >= 4 is 40.5 Å². The summed E-state index contributed by atoms with van der Waals surface area (Å²) >= 11 is 6.03. The number of carbonyl (C=O) groups is 2. The van der Waals surface area contributed by atoms with Crippen LogP contribution in [0.1, 0.15) is 21.5 Å². The predicted molar refractivity (Wildman–Crippen MR) is 133 cm³/mol. The highest BCUT2D eigenvalue weighted by Gasteiger charge is 2.14. The molecule has 0 saturated heterocycles. The monoisotopic (exact) mass is 472 g/mol. The van der Waals surface area contributed by atoms with Gasteiger partial charge in [0.2, 0.25) is 0 Å². The smallest absolute Gasteiger partial charge is 0.343 e. The van der Waals surface area contributed by atoms with E-state index in [0.29, 0.717) is 27.6 Å². The highest BCUT2D eigenvalue weighted by molar-refractivity contribution is 6.32. The van der Waals surface area contributed by atoms with Crippen molar-refractivity contribution in [3.63, 3.8) is 0 Å². The summed E-state index contributed by atoms with van der Waals surface area (Å²) in [6.07, 6.45) is 1.45. The van der Waals surface area contributed by atoms with Crippen molar-refractivity contribution in [3.05, 3.63) is 107 Å². The fraction of sp³-hybridized carbons (Fsp3) is 0.0741. The van der Waals surface area contributed by atoms with Crippen LogP contribution in [0.5, 0.6) is 11.5 Å². The molecule has 0 radical (unpaired) electrons. The number of fused-ring (bicyclic) bond motifs is 1. The van der Waals surface area contributed by atoms with Gasteiger partial charge in [-0.25, -0.2) is 10.2 Å². The van der Waals surface area contributed by atoms with Gasteiger partial charge in [0.05, 0.1) is 16.8 Å². The summed E-state index contributed by atoms with van der Waals surface area (Å²) in [5.41, 5.74) is 4.47. The maximum absolute atomic E-state index is 12.7. The predicted octanol–water partition coefficient (Wildman–Crippen LogP) is 5.55. The van der Waals surface area contributed by atoms with Crippen molar-refractivity contribution in [3.8, 4) is 11.5 Å². The van der Waals surface area contributed by atoms with Crippen molar-refractivity contribution in [2.75, 3.05) is 6.61 Å². The standard InChI is InChI=1S/C27H21ClN2O4/c1-18-10-12-20(13-11-18)27(32)34-24-15-14-19-6-2-3-7-21(19)22(24)16-29-30-26(31)17-33-25-9-5-4-8-23(25)28/h2-16H,17H2,1H3,(H,30,31)/b29-16-. The van der Waals surface area contributed by atoms with Crippen LogP contribution in [0.2, 0.25) is 5.02 Å². The first kappa shape index (κ1) is 23.0. The minimum absolute atomic E-state index is 0.258. The Kier molecular flexibility index (Phi) is 7.20. The second-order valence-electron chi connectivity index (χ2n) is 7.47. The molecule has 6 nitrogen and oxygen atoms in total. The van der Waals surface area contributed by atoms with Crippen molar-refractivity contribution in [2.24, 2.45) is 5.10 Å². The van der Waals surface area contributed by atoms with Crippen molar-refractivity contribution in [1.29, 1.82) is 0 Å². The minimum Gasteiger partial charge on any atom is -0.482 e. The zero-order valence-corrected chi connectivity index (χ0v) is 19.1. The van der Waals surface area contributed by atoms with E-state index in [9.17, 15) is 9.59 Å². The normalized spacial score (nSPS) is 10.9. The van der Waals surface area contributed by atoms with E-state index < -0.39 is 11.9 Å². The molecular formula is C27H21ClN2O4. The van der Waals surface area contributed by atoms with Gasteiger partial charge < -0.3 is 9.47 Å². The Balaban J connectivity index is 1.51. The number of ether oxygens (including phenoxy) is 2. The lowest BCUT2D eigenvalue weighted by atomic mass is 10.0. The van der Waals surface area contributed by atoms with Crippen LogP contribution < -0.4 is 14.9 Å². The number of benzene rings is 4. The lowest BCUT2D eigenvalue weighted by Gasteiger charge is -2.11. The summed E-state index contributed by atoms with van der Waals surface area (Å²) in [6.45, 7) is 1.69. The Morgan fingerprint density at radius 3 is 2.44 bits per heavy atom. The quantitative estimate of drug-likeness (QED) is 0.165. The number of amides is 1. The van der Waals surface area contributed by atoms with Crippen LogP contribution in [-0.2, 0) is 4.79 Å². The van der Waals surface area contributed by atoms with Gasteiger partial charge in [-0.05, 0) is 48.0 Å². The second kappa shape index (κ2) is 10.6. The maximum atomic E-state index is 12.7. The van der Waals surface area contributed by atoms with Gasteiger partial charge in [0.15, 0.2) is 6.61 Å². The van der Waals surface area contributed by atoms with Crippen LogP contribution in [0.15, 0.2) is 90.0 Å². The van der Waals surface area contributed by atoms with Crippen LogP contribution in [-0.4, -0.2) is 24.7 Å². The molecule has 170 valence electrons. The van der Waals surface area contributed by atoms with Crippen molar-refractivity contribution in [1.82, 2.24) is 5.43 Å². The lowest BCUT2D eigenvalue weighted by Crippen LogP contribution is -2.24. The van der Waals surface area contributed by atoms with Crippen LogP contribution in [0, 0.1) is 6.92 Å². The third kappa shape index (κ3) is 5.60. The molecule has 0 bridgehead atoms. The molecule has 0 unspecified atom stereocenters. The number of hydrazone groups is 1. The van der Waals surface area contributed by atoms with Gasteiger partial charge in [0, 0.05) is 5.56 Å². The fourth-order valence-electron chi connectivity index (χ4n) is 3.25. The van der Waals surface area contributed by atoms with Gasteiger partial charge in [0.1, 0.15) is 11.5 Å². The number of hydrogen-bond acceptors (Lipinski definition) is 5. The topological polar surface area (TPSA) is 77.0 Å².